The van der Waals surface area contributed by atoms with E-state index in [1.54, 1.807) is 6.20 Å². The number of likely N-dealkylation sites (N-methyl/N-ethyl adjacent to an activating group) is 1. The minimum atomic E-state index is 0.00837. The molecule has 3 rings (SSSR count). The molecule has 2 fully saturated rings. The molecule has 1 saturated heterocycles. The first-order chi connectivity index (χ1) is 9.76. The Morgan fingerprint density at radius 2 is 2.05 bits per heavy atom. The lowest BCUT2D eigenvalue weighted by molar-refractivity contribution is 0.0950. The fraction of sp³-hybridized carbons (Fsp3) is 0.600. The van der Waals surface area contributed by atoms with Crippen molar-refractivity contribution in [1.82, 2.24) is 15.2 Å². The third kappa shape index (κ3) is 3.10. The molecule has 1 aromatic rings. The molecule has 5 heteroatoms. The van der Waals surface area contributed by atoms with Gasteiger partial charge in [0.05, 0.1) is 17.4 Å². The van der Waals surface area contributed by atoms with Crippen LogP contribution in [0.3, 0.4) is 0 Å². The molecule has 1 aliphatic heterocycles. The highest BCUT2D eigenvalue weighted by Crippen LogP contribution is 2.21. The van der Waals surface area contributed by atoms with Crippen molar-refractivity contribution in [3.63, 3.8) is 0 Å². The van der Waals surface area contributed by atoms with Crippen molar-refractivity contribution in [1.29, 1.82) is 0 Å². The van der Waals surface area contributed by atoms with Gasteiger partial charge in [-0.1, -0.05) is 6.92 Å². The molecule has 0 unspecified atom stereocenters. The largest absolute Gasteiger partial charge is 0.368 e. The molecule has 1 aliphatic carbocycles. The molecule has 2 aliphatic rings. The number of amides is 1. The molecule has 20 heavy (non-hydrogen) atoms. The number of nitrogens with zero attached hydrogens (tertiary/aromatic N) is 3. The summed E-state index contributed by atoms with van der Waals surface area (Å²) in [6.07, 6.45) is 5.73. The lowest BCUT2D eigenvalue weighted by atomic mass is 10.2. The molecule has 0 bridgehead atoms. The maximum Gasteiger partial charge on any atom is 0.253 e. The van der Waals surface area contributed by atoms with Crippen molar-refractivity contribution < 1.29 is 4.79 Å². The Balaban J connectivity index is 1.66. The van der Waals surface area contributed by atoms with E-state index in [0.717, 1.165) is 51.3 Å². The Morgan fingerprint density at radius 3 is 2.70 bits per heavy atom. The first-order valence-electron chi connectivity index (χ1n) is 7.49. The van der Waals surface area contributed by atoms with Gasteiger partial charge in [-0.2, -0.15) is 0 Å². The van der Waals surface area contributed by atoms with Gasteiger partial charge in [-0.05, 0) is 25.5 Å². The first-order valence-corrected chi connectivity index (χ1v) is 7.49. The van der Waals surface area contributed by atoms with Crippen LogP contribution in [0.25, 0.3) is 0 Å². The molecular formula is C15H22N4O. The Kier molecular flexibility index (Phi) is 3.87. The molecule has 0 spiro atoms. The van der Waals surface area contributed by atoms with Gasteiger partial charge < -0.3 is 15.1 Å². The van der Waals surface area contributed by atoms with E-state index in [9.17, 15) is 4.79 Å². The number of hydrogen-bond acceptors (Lipinski definition) is 4. The molecule has 0 atom stereocenters. The van der Waals surface area contributed by atoms with Gasteiger partial charge in [-0.15, -0.1) is 0 Å². The lowest BCUT2D eigenvalue weighted by Gasteiger charge is -2.35. The molecule has 108 valence electrons. The van der Waals surface area contributed by atoms with Gasteiger partial charge >= 0.3 is 0 Å². The highest BCUT2D eigenvalue weighted by molar-refractivity contribution is 5.95. The zero-order valence-corrected chi connectivity index (χ0v) is 12.0. The number of rotatable bonds is 4. The van der Waals surface area contributed by atoms with Crippen LogP contribution in [0.4, 0.5) is 5.69 Å². The summed E-state index contributed by atoms with van der Waals surface area (Å²) in [5.74, 6) is 0.00837. The summed E-state index contributed by atoms with van der Waals surface area (Å²) in [5.41, 5.74) is 1.73. The van der Waals surface area contributed by atoms with Crippen molar-refractivity contribution in [2.24, 2.45) is 0 Å². The average Bonchev–Trinajstić information content (AvgIpc) is 3.31. The van der Waals surface area contributed by atoms with Crippen molar-refractivity contribution in [2.75, 3.05) is 37.6 Å². The summed E-state index contributed by atoms with van der Waals surface area (Å²) in [6.45, 7) is 7.46. The van der Waals surface area contributed by atoms with E-state index in [4.69, 9.17) is 0 Å². The minimum Gasteiger partial charge on any atom is -0.368 e. The highest BCUT2D eigenvalue weighted by Gasteiger charge is 2.24. The van der Waals surface area contributed by atoms with Crippen molar-refractivity contribution in [3.05, 3.63) is 24.0 Å². The smallest absolute Gasteiger partial charge is 0.253 e. The summed E-state index contributed by atoms with van der Waals surface area (Å²) in [7, 11) is 0. The van der Waals surface area contributed by atoms with Crippen molar-refractivity contribution in [3.8, 4) is 0 Å². The molecule has 0 radical (unpaired) electrons. The second kappa shape index (κ2) is 5.79. The molecule has 0 aromatic carbocycles. The van der Waals surface area contributed by atoms with Crippen LogP contribution in [0.5, 0.6) is 0 Å². The SMILES string of the molecule is CCN1CCN(c2cncc(C(=O)NC3CC3)c2)CC1. The predicted octanol–water partition coefficient (Wildman–Crippen LogP) is 1.12. The minimum absolute atomic E-state index is 0.00837. The number of anilines is 1. The molecule has 1 aromatic heterocycles. The summed E-state index contributed by atoms with van der Waals surface area (Å²) in [4.78, 5) is 21.0. The van der Waals surface area contributed by atoms with Crippen molar-refractivity contribution in [2.45, 2.75) is 25.8 Å². The quantitative estimate of drug-likeness (QED) is 0.894. The van der Waals surface area contributed by atoms with Gasteiger partial charge in [0.2, 0.25) is 0 Å². The molecule has 5 nitrogen and oxygen atoms in total. The van der Waals surface area contributed by atoms with Crippen LogP contribution in [0.1, 0.15) is 30.1 Å². The fourth-order valence-electron chi connectivity index (χ4n) is 2.54. The normalized spacial score (nSPS) is 19.9. The topological polar surface area (TPSA) is 48.5 Å². The van der Waals surface area contributed by atoms with Crippen LogP contribution in [0.15, 0.2) is 18.5 Å². The zero-order chi connectivity index (χ0) is 13.9. The van der Waals surface area contributed by atoms with Crippen molar-refractivity contribution >= 4 is 11.6 Å². The first kappa shape index (κ1) is 13.4. The zero-order valence-electron chi connectivity index (χ0n) is 12.0. The number of piperazine rings is 1. The summed E-state index contributed by atoms with van der Waals surface area (Å²) in [5, 5.41) is 3.01. The number of pyridine rings is 1. The molecule has 2 heterocycles. The van der Waals surface area contributed by atoms with Gasteiger partial charge in [0, 0.05) is 38.4 Å². The molecule has 1 saturated carbocycles. The van der Waals surface area contributed by atoms with Gasteiger partial charge in [0.25, 0.3) is 5.91 Å². The second-order valence-electron chi connectivity index (χ2n) is 5.60. The van der Waals surface area contributed by atoms with Gasteiger partial charge in [-0.3, -0.25) is 9.78 Å². The summed E-state index contributed by atoms with van der Waals surface area (Å²) < 4.78 is 0. The Hall–Kier alpha value is -1.62. The lowest BCUT2D eigenvalue weighted by Crippen LogP contribution is -2.46. The van der Waals surface area contributed by atoms with E-state index in [1.165, 1.54) is 0 Å². The van der Waals surface area contributed by atoms with Crippen LogP contribution in [-0.2, 0) is 0 Å². The van der Waals surface area contributed by atoms with E-state index in [2.05, 4.69) is 27.0 Å². The molecular weight excluding hydrogens is 252 g/mol. The molecule has 1 N–H and O–H groups in total. The Labute approximate surface area is 120 Å². The molecule has 1 amide bonds. The van der Waals surface area contributed by atoms with E-state index >= 15 is 0 Å². The fourth-order valence-corrected chi connectivity index (χ4v) is 2.54. The van der Waals surface area contributed by atoms with E-state index in [-0.39, 0.29) is 5.91 Å². The predicted molar refractivity (Wildman–Crippen MR) is 79.1 cm³/mol. The maximum absolute atomic E-state index is 12.1. The third-order valence-corrected chi connectivity index (χ3v) is 4.08. The average molecular weight is 274 g/mol. The van der Waals surface area contributed by atoms with Crippen LogP contribution >= 0.6 is 0 Å². The van der Waals surface area contributed by atoms with Gasteiger partial charge in [0.1, 0.15) is 0 Å². The second-order valence-corrected chi connectivity index (χ2v) is 5.60. The standard InChI is InChI=1S/C15H22N4O/c1-2-18-5-7-19(8-6-18)14-9-12(10-16-11-14)15(20)17-13-3-4-13/h9-11,13H,2-8H2,1H3,(H,17,20). The number of carbonyl (C=O) groups excluding carboxylic acids is 1. The van der Waals surface area contributed by atoms with Gasteiger partial charge in [-0.25, -0.2) is 0 Å². The van der Waals surface area contributed by atoms with E-state index in [1.807, 2.05) is 12.3 Å². The summed E-state index contributed by atoms with van der Waals surface area (Å²) >= 11 is 0. The van der Waals surface area contributed by atoms with E-state index < -0.39 is 0 Å². The number of aromatic nitrogens is 1. The maximum atomic E-state index is 12.1. The highest BCUT2D eigenvalue weighted by atomic mass is 16.1. The van der Waals surface area contributed by atoms with Crippen LogP contribution in [-0.4, -0.2) is 54.6 Å². The van der Waals surface area contributed by atoms with Gasteiger partial charge in [0.15, 0.2) is 0 Å². The van der Waals surface area contributed by atoms with Crippen LogP contribution < -0.4 is 10.2 Å². The monoisotopic (exact) mass is 274 g/mol. The number of nitrogens with one attached hydrogen (secondary N) is 1. The van der Waals surface area contributed by atoms with Crippen LogP contribution in [0, 0.1) is 0 Å². The van der Waals surface area contributed by atoms with E-state index in [0.29, 0.717) is 11.6 Å². The summed E-state index contributed by atoms with van der Waals surface area (Å²) in [6, 6.07) is 2.35. The Morgan fingerprint density at radius 1 is 1.30 bits per heavy atom. The third-order valence-electron chi connectivity index (χ3n) is 4.08. The Bertz CT molecular complexity index is 479. The number of carbonyl (C=O) groups is 1. The van der Waals surface area contributed by atoms with Crippen LogP contribution in [0.2, 0.25) is 0 Å². The number of hydrogen-bond donors (Lipinski definition) is 1.